The van der Waals surface area contributed by atoms with Crippen LogP contribution in [0, 0.1) is 0 Å². The molecule has 0 bridgehead atoms. The number of aromatic nitrogens is 1. The molecule has 3 heterocycles. The monoisotopic (exact) mass is 436 g/mol. The molecule has 2 aliphatic rings. The number of rotatable bonds is 4. The van der Waals surface area contributed by atoms with Gasteiger partial charge < -0.3 is 29.6 Å². The summed E-state index contributed by atoms with van der Waals surface area (Å²) in [5.41, 5.74) is 2.32. The number of carbonyl (C=O) groups excluding carboxylic acids is 1. The number of halogens is 1. The van der Waals surface area contributed by atoms with Crippen molar-refractivity contribution in [2.24, 2.45) is 0 Å². The summed E-state index contributed by atoms with van der Waals surface area (Å²) in [4.78, 5) is 23.5. The number of benzene rings is 1. The third kappa shape index (κ3) is 4.58. The van der Waals surface area contributed by atoms with E-state index in [1.54, 1.807) is 4.90 Å². The lowest BCUT2D eigenvalue weighted by atomic mass is 10.1. The molecular weight excluding hydrogens is 412 g/mol. The molecule has 0 atom stereocenters. The van der Waals surface area contributed by atoms with Crippen molar-refractivity contribution in [1.82, 2.24) is 14.5 Å². The molecule has 9 nitrogen and oxygen atoms in total. The third-order valence-electron chi connectivity index (χ3n) is 5.39. The Labute approximate surface area is 179 Å². The second-order valence-corrected chi connectivity index (χ2v) is 7.77. The summed E-state index contributed by atoms with van der Waals surface area (Å²) >= 11 is 6.25. The average molecular weight is 437 g/mol. The predicted molar refractivity (Wildman–Crippen MR) is 111 cm³/mol. The number of ether oxygens (including phenoxy) is 1. The first-order chi connectivity index (χ1) is 14.5. The van der Waals surface area contributed by atoms with E-state index in [9.17, 15) is 15.0 Å². The summed E-state index contributed by atoms with van der Waals surface area (Å²) in [6.07, 6.45) is -0.614. The average Bonchev–Trinajstić information content (AvgIpc) is 3.08. The lowest BCUT2D eigenvalue weighted by Crippen LogP contribution is -2.50. The number of amides is 1. The molecule has 10 heteroatoms. The molecule has 0 saturated carbocycles. The van der Waals surface area contributed by atoms with Crippen LogP contribution in [0.4, 0.5) is 10.5 Å². The van der Waals surface area contributed by atoms with Gasteiger partial charge in [-0.05, 0) is 17.7 Å². The van der Waals surface area contributed by atoms with Crippen LogP contribution in [0.1, 0.15) is 5.56 Å². The van der Waals surface area contributed by atoms with Crippen LogP contribution in [-0.2, 0) is 11.3 Å². The van der Waals surface area contributed by atoms with E-state index in [4.69, 9.17) is 21.2 Å². The van der Waals surface area contributed by atoms with Crippen LogP contribution in [0.5, 0.6) is 11.8 Å². The zero-order valence-electron chi connectivity index (χ0n) is 16.5. The summed E-state index contributed by atoms with van der Waals surface area (Å²) in [6.45, 7) is 6.19. The number of aromatic hydroxyl groups is 2. The Morgan fingerprint density at radius 2 is 1.67 bits per heavy atom. The molecule has 162 valence electrons. The second-order valence-electron chi connectivity index (χ2n) is 7.34. The minimum Gasteiger partial charge on any atom is -0.492 e. The Kier molecular flexibility index (Phi) is 6.21. The van der Waals surface area contributed by atoms with Crippen LogP contribution in [0.3, 0.4) is 0 Å². The van der Waals surface area contributed by atoms with Crippen LogP contribution in [0.25, 0.3) is 0 Å². The summed E-state index contributed by atoms with van der Waals surface area (Å²) in [6, 6.07) is 8.47. The zero-order chi connectivity index (χ0) is 21.1. The van der Waals surface area contributed by atoms with Crippen LogP contribution >= 0.6 is 11.6 Å². The van der Waals surface area contributed by atoms with Crippen molar-refractivity contribution in [3.8, 4) is 11.8 Å². The molecule has 1 amide bonds. The van der Waals surface area contributed by atoms with E-state index in [1.165, 1.54) is 17.7 Å². The van der Waals surface area contributed by atoms with Gasteiger partial charge >= 0.3 is 6.09 Å². The van der Waals surface area contributed by atoms with E-state index < -0.39 is 6.09 Å². The topological polar surface area (TPSA) is 90.6 Å². The second kappa shape index (κ2) is 9.03. The van der Waals surface area contributed by atoms with Gasteiger partial charge in [0.15, 0.2) is 0 Å². The summed E-state index contributed by atoms with van der Waals surface area (Å²) < 4.78 is 6.17. The SMILES string of the molecule is O=C(On1c(O)ccc1O)N1CCN(Cc2ccc(Cl)cc2N2CCOCC2)CC1. The van der Waals surface area contributed by atoms with Crippen LogP contribution < -0.4 is 9.74 Å². The van der Waals surface area contributed by atoms with E-state index in [1.807, 2.05) is 12.1 Å². The predicted octanol–water partition coefficient (Wildman–Crippen LogP) is 1.76. The Morgan fingerprint density at radius 3 is 2.33 bits per heavy atom. The molecule has 2 fully saturated rings. The van der Waals surface area contributed by atoms with Gasteiger partial charge in [0, 0.05) is 68.7 Å². The van der Waals surface area contributed by atoms with Crippen LogP contribution in [0.15, 0.2) is 30.3 Å². The quantitative estimate of drug-likeness (QED) is 0.754. The van der Waals surface area contributed by atoms with Gasteiger partial charge in [-0.1, -0.05) is 17.7 Å². The third-order valence-corrected chi connectivity index (χ3v) is 5.63. The number of carbonyl (C=O) groups is 1. The molecule has 2 aromatic rings. The number of anilines is 1. The molecule has 0 aliphatic carbocycles. The highest BCUT2D eigenvalue weighted by Gasteiger charge is 2.25. The van der Waals surface area contributed by atoms with Crippen molar-refractivity contribution in [3.63, 3.8) is 0 Å². The Bertz CT molecular complexity index is 872. The Balaban J connectivity index is 1.35. The van der Waals surface area contributed by atoms with Crippen molar-refractivity contribution >= 4 is 23.4 Å². The minimum atomic E-state index is -0.614. The van der Waals surface area contributed by atoms with E-state index in [2.05, 4.69) is 15.9 Å². The van der Waals surface area contributed by atoms with Crippen molar-refractivity contribution in [1.29, 1.82) is 0 Å². The van der Waals surface area contributed by atoms with Gasteiger partial charge in [-0.15, -0.1) is 4.73 Å². The standard InChI is InChI=1S/C20H25ClN4O5/c21-16-2-1-15(17(13-16)23-9-11-29-12-10-23)14-22-5-7-24(8-6-22)20(28)30-25-18(26)3-4-19(25)27/h1-4,13,26-27H,5-12,14H2. The normalized spacial score (nSPS) is 17.9. The zero-order valence-corrected chi connectivity index (χ0v) is 17.3. The van der Waals surface area contributed by atoms with Crippen LogP contribution in [0.2, 0.25) is 5.02 Å². The van der Waals surface area contributed by atoms with Gasteiger partial charge in [0.2, 0.25) is 11.8 Å². The maximum atomic E-state index is 12.3. The molecule has 1 aromatic carbocycles. The Morgan fingerprint density at radius 1 is 1.00 bits per heavy atom. The molecule has 30 heavy (non-hydrogen) atoms. The first kappa shape index (κ1) is 20.6. The van der Waals surface area contributed by atoms with E-state index in [0.29, 0.717) is 49.1 Å². The Hall–Kier alpha value is -2.62. The number of hydrogen-bond acceptors (Lipinski definition) is 7. The first-order valence-electron chi connectivity index (χ1n) is 9.91. The van der Waals surface area contributed by atoms with Crippen molar-refractivity contribution in [2.75, 3.05) is 57.4 Å². The smallest absolute Gasteiger partial charge is 0.434 e. The summed E-state index contributed by atoms with van der Waals surface area (Å²) in [5, 5.41) is 19.9. The van der Waals surface area contributed by atoms with E-state index in [0.717, 1.165) is 25.3 Å². The lowest BCUT2D eigenvalue weighted by molar-refractivity contribution is 0.0555. The molecule has 4 rings (SSSR count). The summed E-state index contributed by atoms with van der Waals surface area (Å²) in [7, 11) is 0. The molecule has 1 aromatic heterocycles. The molecule has 2 aliphatic heterocycles. The van der Waals surface area contributed by atoms with E-state index in [-0.39, 0.29) is 11.8 Å². The molecule has 2 saturated heterocycles. The van der Waals surface area contributed by atoms with Crippen molar-refractivity contribution < 1.29 is 24.6 Å². The maximum Gasteiger partial charge on any atom is 0.434 e. The van der Waals surface area contributed by atoms with Gasteiger partial charge in [0.25, 0.3) is 0 Å². The van der Waals surface area contributed by atoms with Crippen molar-refractivity contribution in [3.05, 3.63) is 40.9 Å². The highest BCUT2D eigenvalue weighted by Crippen LogP contribution is 2.27. The number of piperazine rings is 1. The number of morpholine rings is 1. The maximum absolute atomic E-state index is 12.3. The highest BCUT2D eigenvalue weighted by atomic mass is 35.5. The lowest BCUT2D eigenvalue weighted by Gasteiger charge is -2.35. The fourth-order valence-electron chi connectivity index (χ4n) is 3.73. The molecule has 0 unspecified atom stereocenters. The van der Waals surface area contributed by atoms with Gasteiger partial charge in [-0.2, -0.15) is 0 Å². The van der Waals surface area contributed by atoms with Gasteiger partial charge in [0.05, 0.1) is 13.2 Å². The highest BCUT2D eigenvalue weighted by molar-refractivity contribution is 6.30. The largest absolute Gasteiger partial charge is 0.492 e. The molecule has 2 N–H and O–H groups in total. The molecule has 0 radical (unpaired) electrons. The fourth-order valence-corrected chi connectivity index (χ4v) is 3.90. The number of nitrogens with zero attached hydrogens (tertiary/aromatic N) is 4. The summed E-state index contributed by atoms with van der Waals surface area (Å²) in [5.74, 6) is -0.671. The van der Waals surface area contributed by atoms with Crippen molar-refractivity contribution in [2.45, 2.75) is 6.54 Å². The van der Waals surface area contributed by atoms with Crippen LogP contribution in [-0.4, -0.2) is 83.3 Å². The van der Waals surface area contributed by atoms with Gasteiger partial charge in [-0.25, -0.2) is 4.79 Å². The molecule has 0 spiro atoms. The first-order valence-corrected chi connectivity index (χ1v) is 10.3. The van der Waals surface area contributed by atoms with E-state index >= 15 is 0 Å². The van der Waals surface area contributed by atoms with Gasteiger partial charge in [0.1, 0.15) is 0 Å². The molecular formula is C20H25ClN4O5. The fraction of sp³-hybridized carbons (Fsp3) is 0.450. The minimum absolute atomic E-state index is 0.335. The number of hydrogen-bond donors (Lipinski definition) is 2. The van der Waals surface area contributed by atoms with Gasteiger partial charge in [-0.3, -0.25) is 4.90 Å².